The molecule has 1 fully saturated rings. The third-order valence-electron chi connectivity index (χ3n) is 4.65. The monoisotopic (exact) mass is 346 g/mol. The molecule has 0 saturated carbocycles. The van der Waals surface area contributed by atoms with Crippen LogP contribution in [-0.2, 0) is 0 Å². The predicted octanol–water partition coefficient (Wildman–Crippen LogP) is 3.63. The second kappa shape index (κ2) is 6.98. The summed E-state index contributed by atoms with van der Waals surface area (Å²) in [5.74, 6) is 2.42. The zero-order valence-corrected chi connectivity index (χ0v) is 15.6. The number of amides is 1. The molecule has 7 nitrogen and oxygen atoms in total. The zero-order chi connectivity index (χ0) is 18.1. The fraction of sp³-hybridized carbons (Fsp3) is 0.667. The van der Waals surface area contributed by atoms with Gasteiger partial charge in [-0.15, -0.1) is 0 Å². The molecule has 1 aliphatic rings. The average molecular weight is 346 g/mol. The van der Waals surface area contributed by atoms with Crippen molar-refractivity contribution in [1.82, 2.24) is 20.2 Å². The Morgan fingerprint density at radius 1 is 1.16 bits per heavy atom. The smallest absolute Gasteiger partial charge is 0.259 e. The summed E-state index contributed by atoms with van der Waals surface area (Å²) in [5.41, 5.74) is 1.25. The minimum absolute atomic E-state index is 0.0141. The standard InChI is InChI=1S/C18H26N4O3/c1-10(2)15-14(12(5)20-24-15)18(23)22-8-6-7-13(9-22)16-19-17(11(3)4)25-21-16/h10-11,13H,6-9H2,1-5H3. The van der Waals surface area contributed by atoms with Gasteiger partial charge in [-0.3, -0.25) is 4.79 Å². The SMILES string of the molecule is Cc1noc(C(C)C)c1C(=O)N1CCCC(c2noc(C(C)C)n2)C1. The first kappa shape index (κ1) is 17.6. The van der Waals surface area contributed by atoms with Crippen molar-refractivity contribution < 1.29 is 13.8 Å². The summed E-state index contributed by atoms with van der Waals surface area (Å²) in [5, 5.41) is 8.12. The van der Waals surface area contributed by atoms with Crippen molar-refractivity contribution in [2.45, 2.75) is 65.2 Å². The first-order valence-electron chi connectivity index (χ1n) is 8.97. The van der Waals surface area contributed by atoms with Gasteiger partial charge in [-0.1, -0.05) is 38.0 Å². The van der Waals surface area contributed by atoms with Crippen molar-refractivity contribution in [3.63, 3.8) is 0 Å². The fourth-order valence-electron chi connectivity index (χ4n) is 3.22. The van der Waals surface area contributed by atoms with Gasteiger partial charge in [-0.25, -0.2) is 0 Å². The minimum Gasteiger partial charge on any atom is -0.360 e. The van der Waals surface area contributed by atoms with Crippen LogP contribution in [0.5, 0.6) is 0 Å². The molecule has 7 heteroatoms. The highest BCUT2D eigenvalue weighted by molar-refractivity contribution is 5.96. The molecule has 0 spiro atoms. The molecule has 1 aliphatic heterocycles. The van der Waals surface area contributed by atoms with E-state index in [1.807, 2.05) is 39.5 Å². The molecule has 0 aliphatic carbocycles. The normalized spacial score (nSPS) is 18.4. The highest BCUT2D eigenvalue weighted by atomic mass is 16.5. The van der Waals surface area contributed by atoms with Gasteiger partial charge in [0.05, 0.1) is 5.69 Å². The van der Waals surface area contributed by atoms with Crippen LogP contribution in [0.1, 0.15) is 91.8 Å². The van der Waals surface area contributed by atoms with Gasteiger partial charge in [0.25, 0.3) is 5.91 Å². The minimum atomic E-state index is -0.0141. The third kappa shape index (κ3) is 3.45. The maximum atomic E-state index is 13.1. The number of likely N-dealkylation sites (tertiary alicyclic amines) is 1. The molecule has 2 aromatic heterocycles. The molecule has 136 valence electrons. The van der Waals surface area contributed by atoms with E-state index in [0.29, 0.717) is 35.3 Å². The van der Waals surface area contributed by atoms with Crippen molar-refractivity contribution in [1.29, 1.82) is 0 Å². The van der Waals surface area contributed by atoms with Gasteiger partial charge in [-0.2, -0.15) is 4.98 Å². The summed E-state index contributed by atoms with van der Waals surface area (Å²) in [6.07, 6.45) is 1.88. The number of hydrogen-bond donors (Lipinski definition) is 0. The van der Waals surface area contributed by atoms with Crippen LogP contribution in [0.2, 0.25) is 0 Å². The van der Waals surface area contributed by atoms with Crippen LogP contribution < -0.4 is 0 Å². The van der Waals surface area contributed by atoms with Gasteiger partial charge in [0.2, 0.25) is 5.89 Å². The molecule has 0 N–H and O–H groups in total. The summed E-state index contributed by atoms with van der Waals surface area (Å²) in [4.78, 5) is 19.4. The van der Waals surface area contributed by atoms with E-state index in [-0.39, 0.29) is 23.7 Å². The summed E-state index contributed by atoms with van der Waals surface area (Å²) in [7, 11) is 0. The molecule has 3 heterocycles. The lowest BCUT2D eigenvalue weighted by Crippen LogP contribution is -2.40. The number of carbonyl (C=O) groups is 1. The molecule has 3 rings (SSSR count). The summed E-state index contributed by atoms with van der Waals surface area (Å²) in [6.45, 7) is 11.2. The molecule has 0 radical (unpaired) electrons. The molecule has 1 saturated heterocycles. The Morgan fingerprint density at radius 3 is 2.56 bits per heavy atom. The largest absolute Gasteiger partial charge is 0.360 e. The van der Waals surface area contributed by atoms with Crippen molar-refractivity contribution in [3.05, 3.63) is 28.7 Å². The topological polar surface area (TPSA) is 85.3 Å². The number of nitrogens with zero attached hydrogens (tertiary/aromatic N) is 4. The fourth-order valence-corrected chi connectivity index (χ4v) is 3.22. The van der Waals surface area contributed by atoms with E-state index in [9.17, 15) is 4.79 Å². The Morgan fingerprint density at radius 2 is 1.92 bits per heavy atom. The maximum absolute atomic E-state index is 13.1. The van der Waals surface area contributed by atoms with Crippen LogP contribution in [0.25, 0.3) is 0 Å². The van der Waals surface area contributed by atoms with Crippen molar-refractivity contribution >= 4 is 5.91 Å². The molecule has 25 heavy (non-hydrogen) atoms. The van der Waals surface area contributed by atoms with Gasteiger partial charge in [0, 0.05) is 30.8 Å². The molecule has 1 amide bonds. The third-order valence-corrected chi connectivity index (χ3v) is 4.65. The van der Waals surface area contributed by atoms with Gasteiger partial charge in [0.15, 0.2) is 11.6 Å². The zero-order valence-electron chi connectivity index (χ0n) is 15.6. The Hall–Kier alpha value is -2.18. The van der Waals surface area contributed by atoms with Crippen molar-refractivity contribution in [2.75, 3.05) is 13.1 Å². The second-order valence-corrected chi connectivity index (χ2v) is 7.40. The Labute approximate surface area is 147 Å². The van der Waals surface area contributed by atoms with Gasteiger partial charge < -0.3 is 13.9 Å². The lowest BCUT2D eigenvalue weighted by atomic mass is 9.96. The predicted molar refractivity (Wildman–Crippen MR) is 91.6 cm³/mol. The average Bonchev–Trinajstić information content (AvgIpc) is 3.21. The molecule has 1 atom stereocenters. The van der Waals surface area contributed by atoms with E-state index < -0.39 is 0 Å². The number of rotatable bonds is 4. The van der Waals surface area contributed by atoms with Gasteiger partial charge in [0.1, 0.15) is 5.56 Å². The highest BCUT2D eigenvalue weighted by Gasteiger charge is 2.32. The summed E-state index contributed by atoms with van der Waals surface area (Å²) < 4.78 is 10.7. The van der Waals surface area contributed by atoms with Crippen LogP contribution in [0.3, 0.4) is 0 Å². The van der Waals surface area contributed by atoms with Crippen LogP contribution in [0, 0.1) is 6.92 Å². The maximum Gasteiger partial charge on any atom is 0.259 e. The first-order chi connectivity index (χ1) is 11.9. The summed E-state index contributed by atoms with van der Waals surface area (Å²) >= 11 is 0. The Bertz CT molecular complexity index is 747. The number of piperidine rings is 1. The van der Waals surface area contributed by atoms with Crippen LogP contribution in [0.15, 0.2) is 9.05 Å². The molecule has 0 aromatic carbocycles. The van der Waals surface area contributed by atoms with Crippen LogP contribution in [-0.4, -0.2) is 39.2 Å². The quantitative estimate of drug-likeness (QED) is 0.840. The van der Waals surface area contributed by atoms with E-state index in [1.54, 1.807) is 0 Å². The molecule has 0 bridgehead atoms. The van der Waals surface area contributed by atoms with E-state index in [1.165, 1.54) is 0 Å². The molecule has 2 aromatic rings. The number of carbonyl (C=O) groups excluding carboxylic acids is 1. The number of aryl methyl sites for hydroxylation is 1. The van der Waals surface area contributed by atoms with E-state index in [2.05, 4.69) is 15.3 Å². The van der Waals surface area contributed by atoms with E-state index in [4.69, 9.17) is 9.05 Å². The number of aromatic nitrogens is 3. The lowest BCUT2D eigenvalue weighted by Gasteiger charge is -2.31. The van der Waals surface area contributed by atoms with Gasteiger partial charge >= 0.3 is 0 Å². The molecule has 1 unspecified atom stereocenters. The molecular weight excluding hydrogens is 320 g/mol. The lowest BCUT2D eigenvalue weighted by molar-refractivity contribution is 0.0700. The number of hydrogen-bond acceptors (Lipinski definition) is 6. The van der Waals surface area contributed by atoms with Crippen LogP contribution in [0.4, 0.5) is 0 Å². The highest BCUT2D eigenvalue weighted by Crippen LogP contribution is 2.29. The van der Waals surface area contributed by atoms with Gasteiger partial charge in [-0.05, 0) is 19.8 Å². The molecular formula is C18H26N4O3. The van der Waals surface area contributed by atoms with Crippen molar-refractivity contribution in [3.8, 4) is 0 Å². The Kier molecular flexibility index (Phi) is 4.92. The Balaban J connectivity index is 1.79. The summed E-state index contributed by atoms with van der Waals surface area (Å²) in [6, 6.07) is 0. The van der Waals surface area contributed by atoms with E-state index in [0.717, 1.165) is 19.4 Å². The second-order valence-electron chi connectivity index (χ2n) is 7.40. The van der Waals surface area contributed by atoms with Crippen LogP contribution >= 0.6 is 0 Å². The first-order valence-corrected chi connectivity index (χ1v) is 8.97. The van der Waals surface area contributed by atoms with Crippen molar-refractivity contribution in [2.24, 2.45) is 0 Å². The van der Waals surface area contributed by atoms with E-state index >= 15 is 0 Å².